The molecule has 0 radical (unpaired) electrons. The first kappa shape index (κ1) is 15.8. The molecular formula is C18H19NO3. The highest BCUT2D eigenvalue weighted by Crippen LogP contribution is 2.12. The summed E-state index contributed by atoms with van der Waals surface area (Å²) >= 11 is 0. The van der Waals surface area contributed by atoms with Crippen LogP contribution in [0.4, 0.5) is 5.69 Å². The number of esters is 1. The lowest BCUT2D eigenvalue weighted by atomic mass is 10.1. The molecule has 0 aliphatic heterocycles. The van der Waals surface area contributed by atoms with E-state index in [4.69, 9.17) is 4.74 Å². The van der Waals surface area contributed by atoms with Crippen LogP contribution in [0.25, 0.3) is 0 Å². The normalized spacial score (nSPS) is 11.6. The lowest BCUT2D eigenvalue weighted by molar-refractivity contribution is -0.123. The van der Waals surface area contributed by atoms with Crippen molar-refractivity contribution in [3.63, 3.8) is 0 Å². The fourth-order valence-corrected chi connectivity index (χ4v) is 2.02. The molecule has 0 fully saturated rings. The Morgan fingerprint density at radius 3 is 2.27 bits per heavy atom. The van der Waals surface area contributed by atoms with Gasteiger partial charge in [-0.25, -0.2) is 4.79 Å². The molecule has 2 rings (SSSR count). The van der Waals surface area contributed by atoms with Crippen LogP contribution < -0.4 is 5.32 Å². The number of rotatable bonds is 4. The van der Waals surface area contributed by atoms with Crippen molar-refractivity contribution in [2.24, 2.45) is 0 Å². The predicted octanol–water partition coefficient (Wildman–Crippen LogP) is 3.49. The SMILES string of the molecule is Cc1cccc(NC(=O)[C@H](C)OC(=O)c2cccc(C)c2)c1. The van der Waals surface area contributed by atoms with E-state index < -0.39 is 12.1 Å². The van der Waals surface area contributed by atoms with Crippen molar-refractivity contribution in [1.82, 2.24) is 0 Å². The molecule has 0 aliphatic carbocycles. The number of carbonyl (C=O) groups excluding carboxylic acids is 2. The summed E-state index contributed by atoms with van der Waals surface area (Å²) in [5, 5.41) is 2.73. The van der Waals surface area contributed by atoms with Crippen molar-refractivity contribution in [2.75, 3.05) is 5.32 Å². The fraction of sp³-hybridized carbons (Fsp3) is 0.222. The minimum Gasteiger partial charge on any atom is -0.449 e. The summed E-state index contributed by atoms with van der Waals surface area (Å²) < 4.78 is 5.20. The molecule has 0 bridgehead atoms. The van der Waals surface area contributed by atoms with E-state index in [1.165, 1.54) is 0 Å². The van der Waals surface area contributed by atoms with E-state index in [0.717, 1.165) is 11.1 Å². The van der Waals surface area contributed by atoms with E-state index in [-0.39, 0.29) is 5.91 Å². The van der Waals surface area contributed by atoms with E-state index >= 15 is 0 Å². The minimum absolute atomic E-state index is 0.355. The van der Waals surface area contributed by atoms with Gasteiger partial charge in [-0.1, -0.05) is 29.8 Å². The van der Waals surface area contributed by atoms with E-state index in [1.807, 2.05) is 38.1 Å². The molecule has 1 atom stereocenters. The Morgan fingerprint density at radius 2 is 1.64 bits per heavy atom. The average molecular weight is 297 g/mol. The van der Waals surface area contributed by atoms with E-state index in [1.54, 1.807) is 31.2 Å². The molecule has 0 aromatic heterocycles. The number of benzene rings is 2. The summed E-state index contributed by atoms with van der Waals surface area (Å²) in [6.45, 7) is 5.39. The molecule has 2 aromatic rings. The van der Waals surface area contributed by atoms with Gasteiger partial charge in [-0.2, -0.15) is 0 Å². The van der Waals surface area contributed by atoms with E-state index in [9.17, 15) is 9.59 Å². The summed E-state index contributed by atoms with van der Waals surface area (Å²) in [7, 11) is 0. The molecule has 0 saturated heterocycles. The molecule has 0 saturated carbocycles. The van der Waals surface area contributed by atoms with Crippen LogP contribution in [0.3, 0.4) is 0 Å². The number of aryl methyl sites for hydroxylation is 2. The maximum Gasteiger partial charge on any atom is 0.338 e. The smallest absolute Gasteiger partial charge is 0.338 e. The molecule has 4 heteroatoms. The third-order valence-corrected chi connectivity index (χ3v) is 3.19. The van der Waals surface area contributed by atoms with Crippen molar-refractivity contribution >= 4 is 17.6 Å². The Morgan fingerprint density at radius 1 is 1.00 bits per heavy atom. The third kappa shape index (κ3) is 4.19. The largest absolute Gasteiger partial charge is 0.449 e. The van der Waals surface area contributed by atoms with Crippen LogP contribution in [0.15, 0.2) is 48.5 Å². The summed E-state index contributed by atoms with van der Waals surface area (Å²) in [5.74, 6) is -0.859. The Hall–Kier alpha value is -2.62. The van der Waals surface area contributed by atoms with Crippen molar-refractivity contribution in [2.45, 2.75) is 26.9 Å². The van der Waals surface area contributed by atoms with Crippen LogP contribution in [0, 0.1) is 13.8 Å². The maximum atomic E-state index is 12.1. The van der Waals surface area contributed by atoms with E-state index in [0.29, 0.717) is 11.3 Å². The first-order valence-electron chi connectivity index (χ1n) is 7.11. The van der Waals surface area contributed by atoms with Gasteiger partial charge in [0.15, 0.2) is 6.10 Å². The van der Waals surface area contributed by atoms with Gasteiger partial charge in [0.05, 0.1) is 5.56 Å². The van der Waals surface area contributed by atoms with Gasteiger partial charge in [0, 0.05) is 5.69 Å². The molecule has 0 heterocycles. The number of amides is 1. The topological polar surface area (TPSA) is 55.4 Å². The minimum atomic E-state index is -0.867. The van der Waals surface area contributed by atoms with Gasteiger partial charge in [0.25, 0.3) is 5.91 Å². The molecule has 0 unspecified atom stereocenters. The van der Waals surface area contributed by atoms with Crippen LogP contribution in [0.2, 0.25) is 0 Å². The van der Waals surface area contributed by atoms with Gasteiger partial charge in [-0.3, -0.25) is 4.79 Å². The summed E-state index contributed by atoms with van der Waals surface area (Å²) in [5.41, 5.74) is 3.13. The monoisotopic (exact) mass is 297 g/mol. The first-order chi connectivity index (χ1) is 10.5. The van der Waals surface area contributed by atoms with Gasteiger partial charge in [0.2, 0.25) is 0 Å². The van der Waals surface area contributed by atoms with Crippen molar-refractivity contribution in [3.8, 4) is 0 Å². The lowest BCUT2D eigenvalue weighted by Gasteiger charge is -2.14. The standard InChI is InChI=1S/C18H19NO3/c1-12-6-4-8-15(10-12)18(21)22-14(3)17(20)19-16-9-5-7-13(2)11-16/h4-11,14H,1-3H3,(H,19,20)/t14-/m0/s1. The molecule has 1 N–H and O–H groups in total. The highest BCUT2D eigenvalue weighted by atomic mass is 16.5. The third-order valence-electron chi connectivity index (χ3n) is 3.19. The van der Waals surface area contributed by atoms with E-state index in [2.05, 4.69) is 5.32 Å². The molecular weight excluding hydrogens is 278 g/mol. The lowest BCUT2D eigenvalue weighted by Crippen LogP contribution is -2.30. The molecule has 22 heavy (non-hydrogen) atoms. The summed E-state index contributed by atoms with van der Waals surface area (Å²) in [6.07, 6.45) is -0.867. The van der Waals surface area contributed by atoms with Crippen LogP contribution >= 0.6 is 0 Å². The number of hydrogen-bond acceptors (Lipinski definition) is 3. The second kappa shape index (κ2) is 6.89. The van der Waals surface area contributed by atoms with Crippen molar-refractivity contribution in [3.05, 3.63) is 65.2 Å². The zero-order valence-corrected chi connectivity index (χ0v) is 12.9. The van der Waals surface area contributed by atoms with Gasteiger partial charge >= 0.3 is 5.97 Å². The molecule has 1 amide bonds. The second-order valence-electron chi connectivity index (χ2n) is 5.28. The quantitative estimate of drug-likeness (QED) is 0.879. The zero-order valence-electron chi connectivity index (χ0n) is 12.9. The van der Waals surface area contributed by atoms with Gasteiger partial charge < -0.3 is 10.1 Å². The number of carbonyl (C=O) groups is 2. The zero-order chi connectivity index (χ0) is 16.1. The molecule has 2 aromatic carbocycles. The Bertz CT molecular complexity index is 694. The van der Waals surface area contributed by atoms with Crippen LogP contribution in [0.1, 0.15) is 28.4 Å². The average Bonchev–Trinajstić information content (AvgIpc) is 2.47. The number of hydrogen-bond donors (Lipinski definition) is 1. The highest BCUT2D eigenvalue weighted by Gasteiger charge is 2.19. The maximum absolute atomic E-state index is 12.1. The number of ether oxygens (including phenoxy) is 1. The van der Waals surface area contributed by atoms with Crippen molar-refractivity contribution < 1.29 is 14.3 Å². The van der Waals surface area contributed by atoms with Gasteiger partial charge in [0.1, 0.15) is 0 Å². The first-order valence-corrected chi connectivity index (χ1v) is 7.11. The Labute approximate surface area is 130 Å². The van der Waals surface area contributed by atoms with Crippen LogP contribution in [0.5, 0.6) is 0 Å². The molecule has 0 aliphatic rings. The second-order valence-corrected chi connectivity index (χ2v) is 5.28. The molecule has 114 valence electrons. The number of anilines is 1. The fourth-order valence-electron chi connectivity index (χ4n) is 2.02. The van der Waals surface area contributed by atoms with Crippen LogP contribution in [-0.2, 0) is 9.53 Å². The Kier molecular flexibility index (Phi) is 4.94. The summed E-state index contributed by atoms with van der Waals surface area (Å²) in [4.78, 5) is 24.1. The highest BCUT2D eigenvalue weighted by molar-refractivity contribution is 5.97. The van der Waals surface area contributed by atoms with Crippen LogP contribution in [-0.4, -0.2) is 18.0 Å². The predicted molar refractivity (Wildman–Crippen MR) is 85.9 cm³/mol. The van der Waals surface area contributed by atoms with Crippen molar-refractivity contribution in [1.29, 1.82) is 0 Å². The van der Waals surface area contributed by atoms with Gasteiger partial charge in [-0.05, 0) is 50.6 Å². The Balaban J connectivity index is 1.98. The molecule has 0 spiro atoms. The number of nitrogens with one attached hydrogen (secondary N) is 1. The summed E-state index contributed by atoms with van der Waals surface area (Å²) in [6, 6.07) is 14.5. The molecule has 4 nitrogen and oxygen atoms in total. The van der Waals surface area contributed by atoms with Gasteiger partial charge in [-0.15, -0.1) is 0 Å².